The van der Waals surface area contributed by atoms with E-state index in [2.05, 4.69) is 4.72 Å². The van der Waals surface area contributed by atoms with Gasteiger partial charge in [0.05, 0.1) is 11.4 Å². The van der Waals surface area contributed by atoms with E-state index in [1.54, 1.807) is 24.3 Å². The molecule has 0 saturated heterocycles. The Balaban J connectivity index is 2.87. The van der Waals surface area contributed by atoms with Crippen molar-refractivity contribution in [1.82, 2.24) is 0 Å². The highest BCUT2D eigenvalue weighted by Gasteiger charge is 2.22. The molecule has 1 rings (SSSR count). The van der Waals surface area contributed by atoms with E-state index in [1.807, 2.05) is 20.8 Å². The third-order valence-corrected chi connectivity index (χ3v) is 3.93. The Hall–Kier alpha value is -1.27. The van der Waals surface area contributed by atoms with Crippen molar-refractivity contribution in [3.8, 4) is 5.75 Å². The van der Waals surface area contributed by atoms with Gasteiger partial charge in [-0.2, -0.15) is 0 Å². The smallest absolute Gasteiger partial charge is 0.233 e. The monoisotopic (exact) mass is 286 g/mol. The summed E-state index contributed by atoms with van der Waals surface area (Å²) in [6.45, 7) is 6.36. The van der Waals surface area contributed by atoms with E-state index in [1.165, 1.54) is 0 Å². The van der Waals surface area contributed by atoms with Crippen LogP contribution in [-0.2, 0) is 10.0 Å². The molecule has 0 aliphatic rings. The molecule has 0 saturated carbocycles. The van der Waals surface area contributed by atoms with Crippen LogP contribution in [0.15, 0.2) is 24.3 Å². The molecule has 0 bridgehead atoms. The van der Waals surface area contributed by atoms with Crippen LogP contribution in [0.2, 0.25) is 0 Å². The summed E-state index contributed by atoms with van der Waals surface area (Å²) < 4.78 is 32.1. The first-order valence-electron chi connectivity index (χ1n) is 6.16. The fourth-order valence-corrected chi connectivity index (χ4v) is 3.34. The molecule has 1 aromatic rings. The van der Waals surface area contributed by atoms with Crippen LogP contribution in [0.1, 0.15) is 20.8 Å². The van der Waals surface area contributed by atoms with Crippen molar-refractivity contribution >= 4 is 15.7 Å². The number of rotatable bonds is 6. The quantitative estimate of drug-likeness (QED) is 0.835. The molecule has 6 heteroatoms. The number of ether oxygens (including phenoxy) is 1. The van der Waals surface area contributed by atoms with Crippen LogP contribution in [0.3, 0.4) is 0 Å². The van der Waals surface area contributed by atoms with Crippen LogP contribution in [0.25, 0.3) is 0 Å². The molecule has 1 aromatic carbocycles. The first-order valence-corrected chi connectivity index (χ1v) is 7.81. The second-order valence-electron chi connectivity index (χ2n) is 5.56. The van der Waals surface area contributed by atoms with Gasteiger partial charge in [0.1, 0.15) is 12.4 Å². The van der Waals surface area contributed by atoms with Crippen LogP contribution < -0.4 is 15.2 Å². The molecule has 108 valence electrons. The van der Waals surface area contributed by atoms with Crippen molar-refractivity contribution in [2.45, 2.75) is 20.8 Å². The van der Waals surface area contributed by atoms with Gasteiger partial charge in [-0.3, -0.25) is 4.72 Å². The molecule has 0 atom stereocenters. The SMILES string of the molecule is CC(C)(C)CS(=O)(=O)Nc1ccccc1OCCN. The number of nitrogens with one attached hydrogen (secondary N) is 1. The molecular formula is C13H22N2O3S. The van der Waals surface area contributed by atoms with Crippen molar-refractivity contribution in [2.75, 3.05) is 23.6 Å². The van der Waals surface area contributed by atoms with Crippen molar-refractivity contribution in [3.63, 3.8) is 0 Å². The third kappa shape index (κ3) is 5.94. The lowest BCUT2D eigenvalue weighted by Gasteiger charge is -2.19. The van der Waals surface area contributed by atoms with Gasteiger partial charge in [0.15, 0.2) is 0 Å². The Morgan fingerprint density at radius 2 is 1.89 bits per heavy atom. The van der Waals surface area contributed by atoms with Crippen LogP contribution >= 0.6 is 0 Å². The third-order valence-electron chi connectivity index (χ3n) is 2.15. The summed E-state index contributed by atoms with van der Waals surface area (Å²) in [6.07, 6.45) is 0. The maximum Gasteiger partial charge on any atom is 0.233 e. The van der Waals surface area contributed by atoms with Crippen molar-refractivity contribution in [2.24, 2.45) is 11.1 Å². The van der Waals surface area contributed by atoms with E-state index < -0.39 is 10.0 Å². The van der Waals surface area contributed by atoms with Gasteiger partial charge in [-0.15, -0.1) is 0 Å². The minimum absolute atomic E-state index is 0.0468. The highest BCUT2D eigenvalue weighted by molar-refractivity contribution is 7.92. The molecule has 0 fully saturated rings. The van der Waals surface area contributed by atoms with Gasteiger partial charge in [-0.05, 0) is 17.5 Å². The lowest BCUT2D eigenvalue weighted by molar-refractivity contribution is 0.330. The van der Waals surface area contributed by atoms with E-state index >= 15 is 0 Å². The molecule has 3 N–H and O–H groups in total. The van der Waals surface area contributed by atoms with E-state index in [0.29, 0.717) is 24.6 Å². The summed E-state index contributed by atoms with van der Waals surface area (Å²) in [5.74, 6) is 0.538. The number of anilines is 1. The van der Waals surface area contributed by atoms with Gasteiger partial charge in [0, 0.05) is 6.54 Å². The molecule has 0 aromatic heterocycles. The van der Waals surface area contributed by atoms with E-state index in [9.17, 15) is 8.42 Å². The standard InChI is InChI=1S/C13H22N2O3S/c1-13(2,3)10-19(16,17)15-11-6-4-5-7-12(11)18-9-8-14/h4-7,15H,8-10,14H2,1-3H3. The molecular weight excluding hydrogens is 264 g/mol. The highest BCUT2D eigenvalue weighted by atomic mass is 32.2. The average Bonchev–Trinajstić information content (AvgIpc) is 2.24. The molecule has 0 aliphatic carbocycles. The van der Waals surface area contributed by atoms with Crippen molar-refractivity contribution < 1.29 is 13.2 Å². The minimum Gasteiger partial charge on any atom is -0.490 e. The lowest BCUT2D eigenvalue weighted by atomic mass is 10.0. The number of hydrogen-bond acceptors (Lipinski definition) is 4. The first kappa shape index (κ1) is 15.8. The summed E-state index contributed by atoms with van der Waals surface area (Å²) >= 11 is 0. The topological polar surface area (TPSA) is 81.4 Å². The maximum atomic E-state index is 12.1. The molecule has 19 heavy (non-hydrogen) atoms. The van der Waals surface area contributed by atoms with Gasteiger partial charge in [-0.25, -0.2) is 8.42 Å². The second-order valence-corrected chi connectivity index (χ2v) is 7.28. The molecule has 5 nitrogen and oxygen atoms in total. The van der Waals surface area contributed by atoms with Crippen LogP contribution in [0.5, 0.6) is 5.75 Å². The summed E-state index contributed by atoms with van der Waals surface area (Å²) in [5, 5.41) is 0. The fourth-order valence-electron chi connectivity index (χ4n) is 1.62. The van der Waals surface area contributed by atoms with Crippen LogP contribution in [-0.4, -0.2) is 27.3 Å². The largest absolute Gasteiger partial charge is 0.490 e. The van der Waals surface area contributed by atoms with Crippen molar-refractivity contribution in [1.29, 1.82) is 0 Å². The van der Waals surface area contributed by atoms with Gasteiger partial charge in [-0.1, -0.05) is 32.9 Å². The molecule has 0 radical (unpaired) electrons. The Bertz CT molecular complexity index is 507. The zero-order valence-corrected chi connectivity index (χ0v) is 12.5. The Labute approximate surface area is 115 Å². The maximum absolute atomic E-state index is 12.1. The van der Waals surface area contributed by atoms with Gasteiger partial charge in [0.25, 0.3) is 0 Å². The Morgan fingerprint density at radius 1 is 1.26 bits per heavy atom. The number of para-hydroxylation sites is 2. The number of nitrogens with two attached hydrogens (primary N) is 1. The number of hydrogen-bond donors (Lipinski definition) is 2. The highest BCUT2D eigenvalue weighted by Crippen LogP contribution is 2.26. The molecule has 0 heterocycles. The van der Waals surface area contributed by atoms with Crippen LogP contribution in [0.4, 0.5) is 5.69 Å². The predicted octanol–water partition coefficient (Wildman–Crippen LogP) is 1.81. The molecule has 0 spiro atoms. The van der Waals surface area contributed by atoms with Gasteiger partial charge < -0.3 is 10.5 Å². The van der Waals surface area contributed by atoms with Crippen molar-refractivity contribution in [3.05, 3.63) is 24.3 Å². The zero-order chi connectivity index (χ0) is 14.5. The fraction of sp³-hybridized carbons (Fsp3) is 0.538. The number of benzene rings is 1. The predicted molar refractivity (Wildman–Crippen MR) is 77.9 cm³/mol. The average molecular weight is 286 g/mol. The first-order chi connectivity index (χ1) is 8.73. The summed E-state index contributed by atoms with van der Waals surface area (Å²) in [6, 6.07) is 6.92. The van der Waals surface area contributed by atoms with Gasteiger partial charge in [0.2, 0.25) is 10.0 Å². The van der Waals surface area contributed by atoms with E-state index in [0.717, 1.165) is 0 Å². The van der Waals surface area contributed by atoms with E-state index in [4.69, 9.17) is 10.5 Å². The zero-order valence-electron chi connectivity index (χ0n) is 11.6. The number of sulfonamides is 1. The lowest BCUT2D eigenvalue weighted by Crippen LogP contribution is -2.26. The Kier molecular flexibility index (Phi) is 5.20. The summed E-state index contributed by atoms with van der Waals surface area (Å²) in [4.78, 5) is 0. The molecule has 0 amide bonds. The molecule has 0 aliphatic heterocycles. The summed E-state index contributed by atoms with van der Waals surface area (Å²) in [5.41, 5.74) is 5.51. The van der Waals surface area contributed by atoms with Crippen LogP contribution in [0, 0.1) is 5.41 Å². The normalized spacial score (nSPS) is 12.2. The minimum atomic E-state index is -3.40. The summed E-state index contributed by atoms with van der Waals surface area (Å²) in [7, 11) is -3.40. The van der Waals surface area contributed by atoms with E-state index in [-0.39, 0.29) is 11.2 Å². The second kappa shape index (κ2) is 6.25. The Morgan fingerprint density at radius 3 is 2.47 bits per heavy atom. The van der Waals surface area contributed by atoms with Gasteiger partial charge >= 0.3 is 0 Å². The molecule has 0 unspecified atom stereocenters.